The maximum Gasteiger partial charge on any atom is 0.229 e. The van der Waals surface area contributed by atoms with Gasteiger partial charge in [-0.2, -0.15) is 12.6 Å². The summed E-state index contributed by atoms with van der Waals surface area (Å²) in [5.41, 5.74) is 3.19. The van der Waals surface area contributed by atoms with Gasteiger partial charge < -0.3 is 15.5 Å². The van der Waals surface area contributed by atoms with Gasteiger partial charge in [-0.3, -0.25) is 4.79 Å². The van der Waals surface area contributed by atoms with Gasteiger partial charge in [0.25, 0.3) is 0 Å². The van der Waals surface area contributed by atoms with Crippen LogP contribution in [0.15, 0.2) is 23.3 Å². The first-order chi connectivity index (χ1) is 14.8. The quantitative estimate of drug-likeness (QED) is 0.317. The highest BCUT2D eigenvalue weighted by molar-refractivity contribution is 7.81. The third kappa shape index (κ3) is 6.39. The molecule has 4 nitrogen and oxygen atoms in total. The highest BCUT2D eigenvalue weighted by Crippen LogP contribution is 2.59. The van der Waals surface area contributed by atoms with Crippen molar-refractivity contribution in [2.45, 2.75) is 96.7 Å². The summed E-state index contributed by atoms with van der Waals surface area (Å²) in [5.74, 6) is 2.47. The van der Waals surface area contributed by atoms with E-state index in [0.717, 1.165) is 24.8 Å². The fourth-order valence-corrected chi connectivity index (χ4v) is 6.93. The van der Waals surface area contributed by atoms with E-state index in [0.29, 0.717) is 30.6 Å². The average molecular weight is 450 g/mol. The molecule has 0 aliphatic heterocycles. The number of rotatable bonds is 8. The van der Waals surface area contributed by atoms with E-state index >= 15 is 0 Å². The van der Waals surface area contributed by atoms with E-state index in [-0.39, 0.29) is 11.7 Å². The molecular formula is C26H43NO3S. The van der Waals surface area contributed by atoms with Crippen LogP contribution < -0.4 is 5.32 Å². The van der Waals surface area contributed by atoms with Gasteiger partial charge in [0.1, 0.15) is 0 Å². The van der Waals surface area contributed by atoms with Crippen molar-refractivity contribution in [2.75, 3.05) is 12.3 Å². The summed E-state index contributed by atoms with van der Waals surface area (Å²) in [6.07, 6.45) is 15.6. The molecule has 0 unspecified atom stereocenters. The Labute approximate surface area is 194 Å². The fraction of sp³-hybridized carbons (Fsp3) is 0.808. The van der Waals surface area contributed by atoms with Crippen molar-refractivity contribution in [3.8, 4) is 0 Å². The fourth-order valence-electron chi connectivity index (χ4n) is 6.82. The number of aliphatic hydroxyl groups excluding tert-OH is 2. The minimum absolute atomic E-state index is 0.0243. The van der Waals surface area contributed by atoms with E-state index in [9.17, 15) is 15.0 Å². The largest absolute Gasteiger partial charge is 0.393 e. The first-order valence-corrected chi connectivity index (χ1v) is 13.1. The van der Waals surface area contributed by atoms with Crippen molar-refractivity contribution >= 4 is 18.5 Å². The van der Waals surface area contributed by atoms with Crippen molar-refractivity contribution in [2.24, 2.45) is 23.2 Å². The number of carbonyl (C=O) groups is 1. The Morgan fingerprint density at radius 3 is 2.68 bits per heavy atom. The molecule has 0 aromatic carbocycles. The minimum Gasteiger partial charge on any atom is -0.393 e. The molecule has 3 aliphatic rings. The number of allylic oxidation sites excluding steroid dienone is 3. The summed E-state index contributed by atoms with van der Waals surface area (Å²) >= 11 is 4.00. The maximum absolute atomic E-state index is 11.3. The molecule has 0 aromatic heterocycles. The SMILES string of the molecule is C[C@H](CCCCNC(=O)CS)[C@H]1CC[C@H]2/C(=C\C=C3C[C@@H](O)C[C@H](O)C3)CCC[C@]12C. The van der Waals surface area contributed by atoms with Crippen LogP contribution in [0.4, 0.5) is 0 Å². The van der Waals surface area contributed by atoms with Crippen LogP contribution in [0.5, 0.6) is 0 Å². The summed E-state index contributed by atoms with van der Waals surface area (Å²) in [4.78, 5) is 11.3. The molecule has 3 rings (SSSR count). The highest BCUT2D eigenvalue weighted by Gasteiger charge is 2.50. The summed E-state index contributed by atoms with van der Waals surface area (Å²) in [6.45, 7) is 5.74. The Morgan fingerprint density at radius 2 is 1.97 bits per heavy atom. The average Bonchev–Trinajstić information content (AvgIpc) is 3.08. The minimum atomic E-state index is -0.395. The van der Waals surface area contributed by atoms with E-state index in [1.165, 1.54) is 50.5 Å². The molecule has 31 heavy (non-hydrogen) atoms. The normalized spacial score (nSPS) is 35.6. The van der Waals surface area contributed by atoms with Gasteiger partial charge in [-0.25, -0.2) is 0 Å². The van der Waals surface area contributed by atoms with E-state index in [4.69, 9.17) is 0 Å². The van der Waals surface area contributed by atoms with Gasteiger partial charge in [0, 0.05) is 6.54 Å². The van der Waals surface area contributed by atoms with Crippen LogP contribution >= 0.6 is 12.6 Å². The second-order valence-electron chi connectivity index (χ2n) is 10.6. The predicted octanol–water partition coefficient (Wildman–Crippen LogP) is 4.81. The van der Waals surface area contributed by atoms with Crippen LogP contribution in [0.25, 0.3) is 0 Å². The molecule has 0 heterocycles. The molecule has 0 spiro atoms. The summed E-state index contributed by atoms with van der Waals surface area (Å²) in [7, 11) is 0. The van der Waals surface area contributed by atoms with Crippen molar-refractivity contribution < 1.29 is 15.0 Å². The van der Waals surface area contributed by atoms with E-state index < -0.39 is 12.2 Å². The molecule has 176 valence electrons. The van der Waals surface area contributed by atoms with Crippen LogP contribution in [0, 0.1) is 23.2 Å². The maximum atomic E-state index is 11.3. The van der Waals surface area contributed by atoms with Crippen LogP contribution in [0.3, 0.4) is 0 Å². The second-order valence-corrected chi connectivity index (χ2v) is 10.9. The number of amides is 1. The van der Waals surface area contributed by atoms with E-state index in [1.807, 2.05) is 0 Å². The molecule has 3 aliphatic carbocycles. The van der Waals surface area contributed by atoms with Gasteiger partial charge in [0.15, 0.2) is 0 Å². The Bertz CT molecular complexity index is 664. The summed E-state index contributed by atoms with van der Waals surface area (Å²) < 4.78 is 0. The number of thiol groups is 1. The molecule has 3 fully saturated rings. The lowest BCUT2D eigenvalue weighted by atomic mass is 9.60. The Hall–Kier alpha value is -0.780. The van der Waals surface area contributed by atoms with Crippen molar-refractivity contribution in [1.82, 2.24) is 5.32 Å². The van der Waals surface area contributed by atoms with Gasteiger partial charge in [-0.1, -0.05) is 50.0 Å². The number of aliphatic hydroxyl groups is 2. The smallest absolute Gasteiger partial charge is 0.229 e. The molecule has 0 bridgehead atoms. The number of fused-ring (bicyclic) bond motifs is 1. The topological polar surface area (TPSA) is 69.6 Å². The zero-order valence-corrected chi connectivity index (χ0v) is 20.4. The molecule has 0 aromatic rings. The molecule has 1 amide bonds. The predicted molar refractivity (Wildman–Crippen MR) is 130 cm³/mol. The lowest BCUT2D eigenvalue weighted by Gasteiger charge is -2.44. The lowest BCUT2D eigenvalue weighted by molar-refractivity contribution is -0.118. The second kappa shape index (κ2) is 11.4. The first-order valence-electron chi connectivity index (χ1n) is 12.5. The highest BCUT2D eigenvalue weighted by atomic mass is 32.1. The standard InChI is InChI=1S/C26H43NO3S/c1-18(6-3-4-13-27-25(30)17-31)23-10-11-24-20(7-5-12-26(23,24)2)9-8-19-14-21(28)16-22(29)15-19/h8-9,18,21-24,28-29,31H,3-7,10-17H2,1-2H3,(H,27,30)/b20-9-/t18-,21-,22-,23-,24+,26-/m1/s1. The van der Waals surface area contributed by atoms with E-state index in [1.54, 1.807) is 5.57 Å². The Morgan fingerprint density at radius 1 is 1.23 bits per heavy atom. The van der Waals surface area contributed by atoms with Gasteiger partial charge in [-0.05, 0) is 81.0 Å². The number of hydrogen-bond acceptors (Lipinski definition) is 4. The van der Waals surface area contributed by atoms with Crippen molar-refractivity contribution in [1.29, 1.82) is 0 Å². The Balaban J connectivity index is 1.57. The molecule has 3 N–H and O–H groups in total. The molecular weight excluding hydrogens is 406 g/mol. The molecule has 6 atom stereocenters. The first kappa shape index (κ1) is 24.9. The van der Waals surface area contributed by atoms with Gasteiger partial charge >= 0.3 is 0 Å². The van der Waals surface area contributed by atoms with Gasteiger partial charge in [0.2, 0.25) is 5.91 Å². The molecule has 5 heteroatoms. The third-order valence-corrected chi connectivity index (χ3v) is 8.64. The number of hydrogen-bond donors (Lipinski definition) is 4. The molecule has 0 radical (unpaired) electrons. The van der Waals surface area contributed by atoms with E-state index in [2.05, 4.69) is 43.9 Å². The monoisotopic (exact) mass is 449 g/mol. The van der Waals surface area contributed by atoms with Gasteiger partial charge in [0.05, 0.1) is 18.0 Å². The van der Waals surface area contributed by atoms with Gasteiger partial charge in [-0.15, -0.1) is 0 Å². The molecule has 0 saturated heterocycles. The Kier molecular flexibility index (Phi) is 9.12. The van der Waals surface area contributed by atoms with Crippen LogP contribution in [-0.4, -0.2) is 40.6 Å². The van der Waals surface area contributed by atoms with Crippen LogP contribution in [-0.2, 0) is 4.79 Å². The lowest BCUT2D eigenvalue weighted by Crippen LogP contribution is -2.36. The summed E-state index contributed by atoms with van der Waals surface area (Å²) in [5, 5.41) is 22.9. The molecule has 3 saturated carbocycles. The van der Waals surface area contributed by atoms with Crippen molar-refractivity contribution in [3.05, 3.63) is 23.3 Å². The summed E-state index contributed by atoms with van der Waals surface area (Å²) in [6, 6.07) is 0. The van der Waals surface area contributed by atoms with Crippen LogP contribution in [0.1, 0.15) is 84.5 Å². The number of unbranched alkanes of at least 4 members (excludes halogenated alkanes) is 1. The zero-order chi connectivity index (χ0) is 22.4. The number of nitrogens with one attached hydrogen (secondary N) is 1. The zero-order valence-electron chi connectivity index (χ0n) is 19.5. The number of carbonyl (C=O) groups excluding carboxylic acids is 1. The van der Waals surface area contributed by atoms with Crippen molar-refractivity contribution in [3.63, 3.8) is 0 Å². The third-order valence-electron chi connectivity index (χ3n) is 8.35. The van der Waals surface area contributed by atoms with Crippen LogP contribution in [0.2, 0.25) is 0 Å².